The predicted octanol–water partition coefficient (Wildman–Crippen LogP) is 1.97. The Bertz CT molecular complexity index is 1080. The average molecular weight is 392 g/mol. The maximum atomic E-state index is 13.1. The van der Waals surface area contributed by atoms with E-state index in [1.165, 1.54) is 6.20 Å². The van der Waals surface area contributed by atoms with Crippen molar-refractivity contribution in [1.29, 1.82) is 0 Å². The molecule has 0 saturated carbocycles. The number of piperazine rings is 1. The number of rotatable bonds is 5. The molecule has 1 N–H and O–H groups in total. The molecule has 29 heavy (non-hydrogen) atoms. The van der Waals surface area contributed by atoms with Gasteiger partial charge in [-0.25, -0.2) is 0 Å². The fourth-order valence-electron chi connectivity index (χ4n) is 3.91. The summed E-state index contributed by atoms with van der Waals surface area (Å²) in [5.41, 5.74) is 1.64. The Morgan fingerprint density at radius 3 is 2.86 bits per heavy atom. The van der Waals surface area contributed by atoms with Crippen LogP contribution in [0.15, 0.2) is 59.5 Å². The molecule has 0 spiro atoms. The predicted molar refractivity (Wildman–Crippen MR) is 111 cm³/mol. The molecular weight excluding hydrogens is 368 g/mol. The van der Waals surface area contributed by atoms with Crippen molar-refractivity contribution in [2.24, 2.45) is 0 Å². The molecule has 1 aliphatic rings. The molecule has 0 radical (unpaired) electrons. The third-order valence-corrected chi connectivity index (χ3v) is 5.36. The summed E-state index contributed by atoms with van der Waals surface area (Å²) in [5.74, 6) is 0.846. The first-order valence-electron chi connectivity index (χ1n) is 9.77. The van der Waals surface area contributed by atoms with Gasteiger partial charge in [-0.3, -0.25) is 14.3 Å². The van der Waals surface area contributed by atoms with Crippen molar-refractivity contribution < 1.29 is 9.53 Å². The number of aromatic nitrogens is 2. The molecule has 7 nitrogen and oxygen atoms in total. The summed E-state index contributed by atoms with van der Waals surface area (Å²) in [6, 6.07) is 15.1. The van der Waals surface area contributed by atoms with Gasteiger partial charge < -0.3 is 15.0 Å². The zero-order chi connectivity index (χ0) is 20.2. The van der Waals surface area contributed by atoms with E-state index in [0.29, 0.717) is 31.4 Å². The van der Waals surface area contributed by atoms with Crippen LogP contribution in [0.1, 0.15) is 18.0 Å². The lowest BCUT2D eigenvalue weighted by Crippen LogP contribution is -2.49. The highest BCUT2D eigenvalue weighted by molar-refractivity contribution is 5.79. The SMILES string of the molecule is COc1ccccc1C1CNCCN1C(=O)CCn1ncc(=O)c2ccccc21. The maximum absolute atomic E-state index is 13.1. The van der Waals surface area contributed by atoms with Crippen molar-refractivity contribution in [3.05, 3.63) is 70.5 Å². The van der Waals surface area contributed by atoms with Crippen LogP contribution in [0.4, 0.5) is 0 Å². The number of nitrogens with one attached hydrogen (secondary N) is 1. The van der Waals surface area contributed by atoms with Gasteiger partial charge >= 0.3 is 0 Å². The minimum absolute atomic E-state index is 0.0620. The molecule has 1 saturated heterocycles. The van der Waals surface area contributed by atoms with Gasteiger partial charge in [-0.05, 0) is 18.2 Å². The Balaban J connectivity index is 1.54. The number of carbonyl (C=O) groups excluding carboxylic acids is 1. The molecule has 1 unspecified atom stereocenters. The fraction of sp³-hybridized carbons (Fsp3) is 0.318. The summed E-state index contributed by atoms with van der Waals surface area (Å²) in [5, 5.41) is 8.22. The van der Waals surface area contributed by atoms with E-state index in [9.17, 15) is 9.59 Å². The smallest absolute Gasteiger partial charge is 0.225 e. The highest BCUT2D eigenvalue weighted by atomic mass is 16.5. The number of amides is 1. The highest BCUT2D eigenvalue weighted by Gasteiger charge is 2.29. The average Bonchev–Trinajstić information content (AvgIpc) is 2.78. The van der Waals surface area contributed by atoms with E-state index >= 15 is 0 Å². The van der Waals surface area contributed by atoms with Crippen molar-refractivity contribution in [1.82, 2.24) is 20.0 Å². The van der Waals surface area contributed by atoms with Gasteiger partial charge in [0.15, 0.2) is 0 Å². The van der Waals surface area contributed by atoms with Crippen LogP contribution >= 0.6 is 0 Å². The lowest BCUT2D eigenvalue weighted by atomic mass is 10.0. The van der Waals surface area contributed by atoms with Crippen LogP contribution in [0, 0.1) is 0 Å². The molecule has 2 heterocycles. The second-order valence-corrected chi connectivity index (χ2v) is 7.05. The number of hydrogen-bond acceptors (Lipinski definition) is 5. The van der Waals surface area contributed by atoms with E-state index in [4.69, 9.17) is 4.74 Å². The number of carbonyl (C=O) groups is 1. The Kier molecular flexibility index (Phi) is 5.57. The van der Waals surface area contributed by atoms with Crippen molar-refractivity contribution in [3.8, 4) is 5.75 Å². The van der Waals surface area contributed by atoms with Crippen LogP contribution in [0.25, 0.3) is 10.9 Å². The summed E-state index contributed by atoms with van der Waals surface area (Å²) in [6.07, 6.45) is 1.63. The van der Waals surface area contributed by atoms with Crippen LogP contribution in [0.2, 0.25) is 0 Å². The van der Waals surface area contributed by atoms with E-state index < -0.39 is 0 Å². The van der Waals surface area contributed by atoms with Crippen LogP contribution in [-0.2, 0) is 11.3 Å². The van der Waals surface area contributed by atoms with Gasteiger partial charge in [-0.1, -0.05) is 30.3 Å². The molecular formula is C22H24N4O3. The van der Waals surface area contributed by atoms with Gasteiger partial charge in [0.05, 0.1) is 31.4 Å². The van der Waals surface area contributed by atoms with E-state index in [0.717, 1.165) is 23.4 Å². The van der Waals surface area contributed by atoms with Crippen LogP contribution in [0.3, 0.4) is 0 Å². The Morgan fingerprint density at radius 1 is 1.21 bits per heavy atom. The van der Waals surface area contributed by atoms with E-state index in [2.05, 4.69) is 10.4 Å². The van der Waals surface area contributed by atoms with E-state index in [1.54, 1.807) is 17.9 Å². The molecule has 150 valence electrons. The molecule has 3 aromatic rings. The Labute approximate surface area is 168 Å². The molecule has 4 rings (SSSR count). The van der Waals surface area contributed by atoms with Gasteiger partial charge in [0.25, 0.3) is 0 Å². The van der Waals surface area contributed by atoms with E-state index in [1.807, 2.05) is 47.4 Å². The number of para-hydroxylation sites is 2. The molecule has 2 aromatic carbocycles. The molecule has 1 fully saturated rings. The standard InChI is InChI=1S/C22H24N4O3/c1-29-21-9-5-3-7-17(21)19-14-23-11-13-25(19)22(28)10-12-26-18-8-4-2-6-16(18)20(27)15-24-26/h2-9,15,19,23H,10-14H2,1H3. The van der Waals surface area contributed by atoms with Gasteiger partial charge in [0.2, 0.25) is 11.3 Å². The molecule has 1 amide bonds. The van der Waals surface area contributed by atoms with Crippen LogP contribution in [0.5, 0.6) is 5.75 Å². The third kappa shape index (κ3) is 3.86. The lowest BCUT2D eigenvalue weighted by Gasteiger charge is -2.37. The first kappa shape index (κ1) is 19.1. The van der Waals surface area contributed by atoms with Crippen molar-refractivity contribution >= 4 is 16.8 Å². The molecule has 0 aliphatic carbocycles. The molecule has 1 atom stereocenters. The Hall–Kier alpha value is -3.19. The zero-order valence-electron chi connectivity index (χ0n) is 16.4. The minimum Gasteiger partial charge on any atom is -0.496 e. The van der Waals surface area contributed by atoms with Crippen LogP contribution < -0.4 is 15.5 Å². The highest BCUT2D eigenvalue weighted by Crippen LogP contribution is 2.30. The Morgan fingerprint density at radius 2 is 2.00 bits per heavy atom. The van der Waals surface area contributed by atoms with Crippen LogP contribution in [-0.4, -0.2) is 47.3 Å². The lowest BCUT2D eigenvalue weighted by molar-refractivity contribution is -0.134. The third-order valence-electron chi connectivity index (χ3n) is 5.36. The first-order chi connectivity index (χ1) is 14.2. The van der Waals surface area contributed by atoms with Gasteiger partial charge in [-0.2, -0.15) is 5.10 Å². The van der Waals surface area contributed by atoms with Crippen molar-refractivity contribution in [2.75, 3.05) is 26.7 Å². The first-order valence-corrected chi connectivity index (χ1v) is 9.77. The summed E-state index contributed by atoms with van der Waals surface area (Å²) in [7, 11) is 1.65. The quantitative estimate of drug-likeness (QED) is 0.718. The normalized spacial score (nSPS) is 16.7. The van der Waals surface area contributed by atoms with Crippen molar-refractivity contribution in [2.45, 2.75) is 19.0 Å². The summed E-state index contributed by atoms with van der Waals surface area (Å²) < 4.78 is 7.24. The van der Waals surface area contributed by atoms with Crippen molar-refractivity contribution in [3.63, 3.8) is 0 Å². The topological polar surface area (TPSA) is 76.5 Å². The minimum atomic E-state index is -0.110. The molecule has 7 heteroatoms. The molecule has 0 bridgehead atoms. The molecule has 1 aromatic heterocycles. The summed E-state index contributed by atoms with van der Waals surface area (Å²) in [6.45, 7) is 2.50. The number of methoxy groups -OCH3 is 1. The number of benzene rings is 2. The van der Waals surface area contributed by atoms with E-state index in [-0.39, 0.29) is 17.4 Å². The fourth-order valence-corrected chi connectivity index (χ4v) is 3.91. The second kappa shape index (κ2) is 8.45. The number of ether oxygens (including phenoxy) is 1. The summed E-state index contributed by atoms with van der Waals surface area (Å²) in [4.78, 5) is 27.0. The number of nitrogens with zero attached hydrogens (tertiary/aromatic N) is 3. The van der Waals surface area contributed by atoms with Gasteiger partial charge in [0.1, 0.15) is 5.75 Å². The number of hydrogen-bond donors (Lipinski definition) is 1. The number of aryl methyl sites for hydroxylation is 1. The van der Waals surface area contributed by atoms with Gasteiger partial charge in [-0.15, -0.1) is 0 Å². The largest absolute Gasteiger partial charge is 0.496 e. The molecule has 1 aliphatic heterocycles. The second-order valence-electron chi connectivity index (χ2n) is 7.05. The monoisotopic (exact) mass is 392 g/mol. The van der Waals surface area contributed by atoms with Gasteiger partial charge in [0, 0.05) is 37.0 Å². The number of fused-ring (bicyclic) bond motifs is 1. The zero-order valence-corrected chi connectivity index (χ0v) is 16.4. The summed E-state index contributed by atoms with van der Waals surface area (Å²) >= 11 is 0. The maximum Gasteiger partial charge on any atom is 0.225 e.